The van der Waals surface area contributed by atoms with Crippen molar-refractivity contribution in [3.05, 3.63) is 60.1 Å². The summed E-state index contributed by atoms with van der Waals surface area (Å²) in [7, 11) is 0. The number of benzene rings is 1. The van der Waals surface area contributed by atoms with E-state index in [1.165, 1.54) is 11.3 Å². The van der Waals surface area contributed by atoms with Gasteiger partial charge in [0.25, 0.3) is 11.9 Å². The molecule has 0 fully saturated rings. The summed E-state index contributed by atoms with van der Waals surface area (Å²) in [5.74, 6) is 0.231. The molecule has 23 heavy (non-hydrogen) atoms. The van der Waals surface area contributed by atoms with Crippen molar-refractivity contribution in [1.29, 1.82) is 0 Å². The number of nitrogens with zero attached hydrogens (tertiary/aromatic N) is 5. The standard InChI is InChI=1S/C15H10N6OS/c22-14(10-2-3-12-13(6-10)23-9-18-12)20-11-7-16-15(17-8-11)21-5-1-4-19-21/h1-9H,(H,20,22). The third-order valence-corrected chi connectivity index (χ3v) is 3.99. The Balaban J connectivity index is 1.53. The van der Waals surface area contributed by atoms with Gasteiger partial charge in [-0.1, -0.05) is 0 Å². The quantitative estimate of drug-likeness (QED) is 0.626. The minimum absolute atomic E-state index is 0.212. The van der Waals surface area contributed by atoms with Crippen LogP contribution in [0.2, 0.25) is 0 Å². The SMILES string of the molecule is O=C(Nc1cnc(-n2cccn2)nc1)c1ccc2ncsc2c1. The molecule has 112 valence electrons. The minimum atomic E-state index is -0.212. The first kappa shape index (κ1) is 13.5. The van der Waals surface area contributed by atoms with E-state index in [2.05, 4.69) is 25.4 Å². The highest BCUT2D eigenvalue weighted by molar-refractivity contribution is 7.16. The van der Waals surface area contributed by atoms with E-state index in [1.807, 2.05) is 12.1 Å². The van der Waals surface area contributed by atoms with E-state index in [-0.39, 0.29) is 5.91 Å². The van der Waals surface area contributed by atoms with Crippen LogP contribution in [0.15, 0.2) is 54.6 Å². The van der Waals surface area contributed by atoms with Gasteiger partial charge < -0.3 is 5.32 Å². The molecule has 7 nitrogen and oxygen atoms in total. The third-order valence-electron chi connectivity index (χ3n) is 3.20. The highest BCUT2D eigenvalue weighted by Crippen LogP contribution is 2.19. The van der Waals surface area contributed by atoms with Gasteiger partial charge in [0, 0.05) is 18.0 Å². The van der Waals surface area contributed by atoms with Gasteiger partial charge >= 0.3 is 0 Å². The van der Waals surface area contributed by atoms with Crippen LogP contribution in [-0.2, 0) is 0 Å². The van der Waals surface area contributed by atoms with Crippen LogP contribution < -0.4 is 5.32 Å². The lowest BCUT2D eigenvalue weighted by Crippen LogP contribution is -2.12. The number of amides is 1. The van der Waals surface area contributed by atoms with Crippen molar-refractivity contribution in [2.45, 2.75) is 0 Å². The first-order valence-corrected chi connectivity index (χ1v) is 7.64. The fourth-order valence-corrected chi connectivity index (χ4v) is 2.81. The van der Waals surface area contributed by atoms with E-state index in [4.69, 9.17) is 0 Å². The fourth-order valence-electron chi connectivity index (χ4n) is 2.09. The van der Waals surface area contributed by atoms with Crippen LogP contribution in [0.1, 0.15) is 10.4 Å². The van der Waals surface area contributed by atoms with E-state index in [1.54, 1.807) is 47.1 Å². The second-order valence-corrected chi connectivity index (χ2v) is 5.60. The molecule has 4 rings (SSSR count). The number of thiazole rings is 1. The Labute approximate surface area is 134 Å². The Bertz CT molecular complexity index is 961. The number of rotatable bonds is 3. The van der Waals surface area contributed by atoms with Crippen molar-refractivity contribution < 1.29 is 4.79 Å². The zero-order chi connectivity index (χ0) is 15.6. The van der Waals surface area contributed by atoms with Crippen LogP contribution in [0.4, 0.5) is 5.69 Å². The van der Waals surface area contributed by atoms with Crippen molar-refractivity contribution in [2.24, 2.45) is 0 Å². The van der Waals surface area contributed by atoms with Crippen LogP contribution in [0.5, 0.6) is 0 Å². The largest absolute Gasteiger partial charge is 0.319 e. The first-order valence-electron chi connectivity index (χ1n) is 6.76. The maximum Gasteiger partial charge on any atom is 0.255 e. The van der Waals surface area contributed by atoms with Crippen molar-refractivity contribution in [2.75, 3.05) is 5.32 Å². The average molecular weight is 322 g/mol. The lowest BCUT2D eigenvalue weighted by Gasteiger charge is -2.05. The summed E-state index contributed by atoms with van der Waals surface area (Å²) in [6.07, 6.45) is 6.49. The number of hydrogen-bond acceptors (Lipinski definition) is 6. The summed E-state index contributed by atoms with van der Waals surface area (Å²) in [4.78, 5) is 24.8. The predicted molar refractivity (Wildman–Crippen MR) is 86.7 cm³/mol. The Hall–Kier alpha value is -3.13. The van der Waals surface area contributed by atoms with E-state index in [0.29, 0.717) is 17.2 Å². The highest BCUT2D eigenvalue weighted by atomic mass is 32.1. The molecule has 3 heterocycles. The van der Waals surface area contributed by atoms with Crippen LogP contribution in [0, 0.1) is 0 Å². The molecule has 1 aromatic carbocycles. The van der Waals surface area contributed by atoms with Crippen molar-refractivity contribution in [3.63, 3.8) is 0 Å². The number of fused-ring (bicyclic) bond motifs is 1. The maximum absolute atomic E-state index is 12.3. The van der Waals surface area contributed by atoms with Gasteiger partial charge in [-0.3, -0.25) is 4.79 Å². The molecule has 0 unspecified atom stereocenters. The average Bonchev–Trinajstić information content (AvgIpc) is 3.26. The van der Waals surface area contributed by atoms with Crippen LogP contribution in [-0.4, -0.2) is 30.6 Å². The Kier molecular flexibility index (Phi) is 3.28. The van der Waals surface area contributed by atoms with Crippen molar-refractivity contribution >= 4 is 33.1 Å². The molecule has 0 radical (unpaired) electrons. The van der Waals surface area contributed by atoms with E-state index in [9.17, 15) is 4.79 Å². The molecule has 1 N–H and O–H groups in total. The van der Waals surface area contributed by atoms with E-state index < -0.39 is 0 Å². The number of nitrogens with one attached hydrogen (secondary N) is 1. The smallest absolute Gasteiger partial charge is 0.255 e. The van der Waals surface area contributed by atoms with Gasteiger partial charge in [0.15, 0.2) is 0 Å². The van der Waals surface area contributed by atoms with E-state index >= 15 is 0 Å². The molecule has 0 atom stereocenters. The van der Waals surface area contributed by atoms with Gasteiger partial charge in [-0.25, -0.2) is 19.6 Å². The van der Waals surface area contributed by atoms with Crippen LogP contribution >= 0.6 is 11.3 Å². The monoisotopic (exact) mass is 322 g/mol. The number of carbonyl (C=O) groups excluding carboxylic acids is 1. The molecule has 0 aliphatic rings. The summed E-state index contributed by atoms with van der Waals surface area (Å²) in [5, 5.41) is 6.83. The molecule has 8 heteroatoms. The van der Waals surface area contributed by atoms with E-state index in [0.717, 1.165) is 10.2 Å². The molecule has 1 amide bonds. The molecule has 0 aliphatic carbocycles. The first-order chi connectivity index (χ1) is 11.3. The summed E-state index contributed by atoms with van der Waals surface area (Å²) in [6, 6.07) is 7.18. The van der Waals surface area contributed by atoms with Gasteiger partial charge in [-0.15, -0.1) is 11.3 Å². The van der Waals surface area contributed by atoms with Gasteiger partial charge in [-0.2, -0.15) is 5.10 Å². The molecule has 4 aromatic rings. The summed E-state index contributed by atoms with van der Waals surface area (Å²) in [5.41, 5.74) is 3.74. The number of aromatic nitrogens is 5. The molecule has 0 saturated carbocycles. The molecule has 0 spiro atoms. The number of anilines is 1. The van der Waals surface area contributed by atoms with Gasteiger partial charge in [-0.05, 0) is 24.3 Å². The van der Waals surface area contributed by atoms with Crippen LogP contribution in [0.3, 0.4) is 0 Å². The normalized spacial score (nSPS) is 10.8. The van der Waals surface area contributed by atoms with Gasteiger partial charge in [0.05, 0.1) is 33.8 Å². The second kappa shape index (κ2) is 5.58. The Morgan fingerprint density at radius 2 is 2.04 bits per heavy atom. The fraction of sp³-hybridized carbons (Fsp3) is 0. The topological polar surface area (TPSA) is 85.6 Å². The zero-order valence-corrected chi connectivity index (χ0v) is 12.6. The third kappa shape index (κ3) is 2.67. The van der Waals surface area contributed by atoms with Crippen molar-refractivity contribution in [3.8, 4) is 5.95 Å². The summed E-state index contributed by atoms with van der Waals surface area (Å²) >= 11 is 1.50. The molecule has 0 aliphatic heterocycles. The molecule has 3 aromatic heterocycles. The minimum Gasteiger partial charge on any atom is -0.319 e. The maximum atomic E-state index is 12.3. The highest BCUT2D eigenvalue weighted by Gasteiger charge is 2.09. The zero-order valence-electron chi connectivity index (χ0n) is 11.7. The summed E-state index contributed by atoms with van der Waals surface area (Å²) in [6.45, 7) is 0. The van der Waals surface area contributed by atoms with Crippen LogP contribution in [0.25, 0.3) is 16.2 Å². The predicted octanol–water partition coefficient (Wildman–Crippen LogP) is 2.52. The Morgan fingerprint density at radius 3 is 2.83 bits per heavy atom. The lowest BCUT2D eigenvalue weighted by molar-refractivity contribution is 0.102. The van der Waals surface area contributed by atoms with Gasteiger partial charge in [0.2, 0.25) is 0 Å². The molecular weight excluding hydrogens is 312 g/mol. The lowest BCUT2D eigenvalue weighted by atomic mass is 10.2. The molecular formula is C15H10N6OS. The molecule has 0 saturated heterocycles. The molecule has 0 bridgehead atoms. The Morgan fingerprint density at radius 1 is 1.17 bits per heavy atom. The number of carbonyl (C=O) groups is 1. The van der Waals surface area contributed by atoms with Crippen molar-refractivity contribution in [1.82, 2.24) is 24.7 Å². The summed E-state index contributed by atoms with van der Waals surface area (Å²) < 4.78 is 2.52. The second-order valence-electron chi connectivity index (χ2n) is 4.71. The van der Waals surface area contributed by atoms with Gasteiger partial charge in [0.1, 0.15) is 0 Å². The number of hydrogen-bond donors (Lipinski definition) is 1.